The predicted molar refractivity (Wildman–Crippen MR) is 194 cm³/mol. The lowest BCUT2D eigenvalue weighted by atomic mass is 9.96. The number of nitro benzene ring substituents is 1. The van der Waals surface area contributed by atoms with Crippen LogP contribution in [0.1, 0.15) is 37.9 Å². The van der Waals surface area contributed by atoms with Crippen molar-refractivity contribution < 1.29 is 19.2 Å². The lowest BCUT2D eigenvalue weighted by molar-refractivity contribution is -0.384. The van der Waals surface area contributed by atoms with Gasteiger partial charge in [-0.2, -0.15) is 0 Å². The maximum absolute atomic E-state index is 14.3. The monoisotopic (exact) mass is 794 g/mol. The Bertz CT molecular complexity index is 2390. The summed E-state index contributed by atoms with van der Waals surface area (Å²) in [6, 6.07) is 16.2. The van der Waals surface area contributed by atoms with Gasteiger partial charge in [-0.25, -0.2) is 9.79 Å². The number of rotatable bonds is 10. The van der Waals surface area contributed by atoms with Crippen molar-refractivity contribution in [2.45, 2.75) is 43.4 Å². The Labute approximate surface area is 307 Å². The Balaban J connectivity index is 1.50. The highest BCUT2D eigenvalue weighted by molar-refractivity contribution is 9.10. The van der Waals surface area contributed by atoms with Crippen LogP contribution in [0.15, 0.2) is 96.2 Å². The number of hydrogen-bond donors (Lipinski definition) is 0. The number of nitro groups is 1. The first kappa shape index (κ1) is 35.3. The van der Waals surface area contributed by atoms with Crippen molar-refractivity contribution in [2.24, 2.45) is 4.99 Å². The van der Waals surface area contributed by atoms with Gasteiger partial charge in [0, 0.05) is 34.2 Å². The minimum absolute atomic E-state index is 0.138. The number of fused-ring (bicyclic) bond motifs is 1. The minimum atomic E-state index is -0.860. The van der Waals surface area contributed by atoms with Gasteiger partial charge in [-0.15, -0.1) is 10.2 Å². The highest BCUT2D eigenvalue weighted by Gasteiger charge is 2.34. The van der Waals surface area contributed by atoms with E-state index < -0.39 is 22.5 Å². The van der Waals surface area contributed by atoms with Crippen LogP contribution < -0.4 is 19.6 Å². The SMILES string of the molecule is CCOC(=O)C1=C(C)N=c2s/c(=C/c3cc([N+](=O)[O-])ccc3Sc3nnc(-c4cccc(Cl)c4)n3CC)c(=O)n2[C@H]1c1ccc(OC)c(Br)c1. The topological polar surface area (TPSA) is 144 Å². The summed E-state index contributed by atoms with van der Waals surface area (Å²) >= 11 is 12.1. The second-order valence-corrected chi connectivity index (χ2v) is 14.1. The number of nitrogens with zero attached hydrogens (tertiary/aromatic N) is 6. The number of esters is 1. The van der Waals surface area contributed by atoms with Crippen molar-refractivity contribution in [3.05, 3.63) is 122 Å². The molecule has 256 valence electrons. The van der Waals surface area contributed by atoms with Gasteiger partial charge < -0.3 is 14.0 Å². The molecule has 0 radical (unpaired) electrons. The van der Waals surface area contributed by atoms with Crippen molar-refractivity contribution in [1.82, 2.24) is 19.3 Å². The fraction of sp³-hybridized carbons (Fsp3) is 0.206. The van der Waals surface area contributed by atoms with Gasteiger partial charge >= 0.3 is 5.97 Å². The van der Waals surface area contributed by atoms with E-state index >= 15 is 0 Å². The van der Waals surface area contributed by atoms with Crippen LogP contribution >= 0.6 is 50.6 Å². The summed E-state index contributed by atoms with van der Waals surface area (Å²) in [5.41, 5.74) is 1.91. The average Bonchev–Trinajstić information content (AvgIpc) is 3.64. The van der Waals surface area contributed by atoms with Crippen molar-refractivity contribution in [1.29, 1.82) is 0 Å². The second-order valence-electron chi connectivity index (χ2n) is 10.8. The van der Waals surface area contributed by atoms with Gasteiger partial charge in [0.05, 0.1) is 45.0 Å². The Hall–Kier alpha value is -4.57. The number of non-ortho nitro benzene ring substituents is 1. The quantitative estimate of drug-likeness (QED) is 0.0873. The molecule has 2 aromatic heterocycles. The molecule has 0 N–H and O–H groups in total. The van der Waals surface area contributed by atoms with E-state index in [0.29, 0.717) is 59.3 Å². The number of allylic oxidation sites excluding steroid dienone is 1. The van der Waals surface area contributed by atoms with Crippen molar-refractivity contribution in [3.63, 3.8) is 0 Å². The van der Waals surface area contributed by atoms with E-state index in [1.807, 2.05) is 23.6 Å². The average molecular weight is 796 g/mol. The summed E-state index contributed by atoms with van der Waals surface area (Å²) in [5, 5.41) is 21.8. The third kappa shape index (κ3) is 6.77. The van der Waals surface area contributed by atoms with Crippen LogP contribution in [0.2, 0.25) is 5.02 Å². The van der Waals surface area contributed by atoms with Gasteiger partial charge in [-0.05, 0) is 96.0 Å². The summed E-state index contributed by atoms with van der Waals surface area (Å²) in [7, 11) is 1.54. The van der Waals surface area contributed by atoms with E-state index in [2.05, 4.69) is 31.1 Å². The first-order valence-electron chi connectivity index (χ1n) is 15.2. The Morgan fingerprint density at radius 3 is 2.64 bits per heavy atom. The first-order valence-corrected chi connectivity index (χ1v) is 18.0. The molecular weight excluding hydrogens is 768 g/mol. The molecule has 3 aromatic carbocycles. The number of ether oxygens (including phenoxy) is 2. The van der Waals surface area contributed by atoms with Gasteiger partial charge in [-0.3, -0.25) is 19.5 Å². The molecule has 0 saturated carbocycles. The zero-order valence-corrected chi connectivity index (χ0v) is 31.0. The molecular formula is C34H28BrClN6O6S2. The number of halogens is 2. The van der Waals surface area contributed by atoms with E-state index in [1.165, 1.54) is 28.5 Å². The number of aromatic nitrogens is 4. The summed E-state index contributed by atoms with van der Waals surface area (Å²) in [5.74, 6) is 0.607. The summed E-state index contributed by atoms with van der Waals surface area (Å²) < 4.78 is 15.1. The molecule has 0 unspecified atom stereocenters. The summed E-state index contributed by atoms with van der Waals surface area (Å²) in [4.78, 5) is 44.6. The second kappa shape index (κ2) is 14.7. The van der Waals surface area contributed by atoms with Crippen LogP contribution in [0.4, 0.5) is 5.69 Å². The molecule has 0 saturated heterocycles. The molecule has 0 amide bonds. The predicted octanol–water partition coefficient (Wildman–Crippen LogP) is 6.56. The minimum Gasteiger partial charge on any atom is -0.496 e. The molecule has 0 bridgehead atoms. The van der Waals surface area contributed by atoms with Crippen molar-refractivity contribution >= 4 is 68.4 Å². The van der Waals surface area contributed by atoms with E-state index in [-0.39, 0.29) is 22.4 Å². The Morgan fingerprint density at radius 2 is 1.96 bits per heavy atom. The molecule has 12 nitrogen and oxygen atoms in total. The lowest BCUT2D eigenvalue weighted by Gasteiger charge is -2.25. The van der Waals surface area contributed by atoms with Gasteiger partial charge in [0.15, 0.2) is 15.8 Å². The number of benzene rings is 3. The van der Waals surface area contributed by atoms with Gasteiger partial charge in [0.2, 0.25) is 0 Å². The van der Waals surface area contributed by atoms with Gasteiger partial charge in [0.1, 0.15) is 5.75 Å². The molecule has 1 aliphatic heterocycles. The molecule has 5 aromatic rings. The number of methoxy groups -OCH3 is 1. The Kier molecular flexibility index (Phi) is 10.4. The number of carbonyl (C=O) groups is 1. The molecule has 1 aliphatic rings. The van der Waals surface area contributed by atoms with E-state index in [4.69, 9.17) is 21.1 Å². The van der Waals surface area contributed by atoms with E-state index in [1.54, 1.807) is 63.4 Å². The molecule has 16 heteroatoms. The van der Waals surface area contributed by atoms with Gasteiger partial charge in [-0.1, -0.05) is 41.1 Å². The summed E-state index contributed by atoms with van der Waals surface area (Å²) in [6.07, 6.45) is 1.61. The number of carbonyl (C=O) groups excluding carboxylic acids is 1. The van der Waals surface area contributed by atoms with Crippen molar-refractivity contribution in [2.75, 3.05) is 13.7 Å². The van der Waals surface area contributed by atoms with Crippen LogP contribution in [0.5, 0.6) is 5.75 Å². The molecule has 0 aliphatic carbocycles. The molecule has 6 rings (SSSR count). The largest absolute Gasteiger partial charge is 0.496 e. The standard InChI is InChI=1S/C34H28BrClN6O6S2/c1-5-40-30(20-8-7-9-22(36)14-20)38-39-34(40)49-26-13-11-23(42(45)46)15-21(26)17-27-31(43)41-29(19-10-12-25(47-4)24(35)16-19)28(32(44)48-6-2)18(3)37-33(41)50-27/h7-17,29H,5-6H2,1-4H3/b27-17+/t29-/m0/s1. The molecule has 50 heavy (non-hydrogen) atoms. The number of hydrogen-bond acceptors (Lipinski definition) is 11. The smallest absolute Gasteiger partial charge is 0.338 e. The molecule has 0 spiro atoms. The number of thiazole rings is 1. The molecule has 3 heterocycles. The summed E-state index contributed by atoms with van der Waals surface area (Å²) in [6.45, 7) is 6.05. The van der Waals surface area contributed by atoms with Crippen LogP contribution in [0.3, 0.4) is 0 Å². The fourth-order valence-corrected chi connectivity index (χ4v) is 8.31. The lowest BCUT2D eigenvalue weighted by Crippen LogP contribution is -2.40. The first-order chi connectivity index (χ1) is 24.0. The van der Waals surface area contributed by atoms with E-state index in [9.17, 15) is 19.7 Å². The highest BCUT2D eigenvalue weighted by Crippen LogP contribution is 2.36. The zero-order valence-electron chi connectivity index (χ0n) is 27.0. The third-order valence-electron chi connectivity index (χ3n) is 7.82. The molecule has 1 atom stereocenters. The maximum atomic E-state index is 14.3. The zero-order chi connectivity index (χ0) is 35.7. The fourth-order valence-electron chi connectivity index (χ4n) is 5.54. The van der Waals surface area contributed by atoms with Crippen molar-refractivity contribution in [3.8, 4) is 17.1 Å². The van der Waals surface area contributed by atoms with Crippen LogP contribution in [-0.2, 0) is 16.1 Å². The van der Waals surface area contributed by atoms with E-state index in [0.717, 1.165) is 16.9 Å². The van der Waals surface area contributed by atoms with Crippen LogP contribution in [-0.4, -0.2) is 43.9 Å². The normalized spacial score (nSPS) is 14.4. The third-order valence-corrected chi connectivity index (χ3v) is 10.7. The maximum Gasteiger partial charge on any atom is 0.338 e. The van der Waals surface area contributed by atoms with Crippen LogP contribution in [0.25, 0.3) is 17.5 Å². The Morgan fingerprint density at radius 1 is 1.16 bits per heavy atom. The highest BCUT2D eigenvalue weighted by atomic mass is 79.9. The molecule has 0 fully saturated rings. The van der Waals surface area contributed by atoms with Gasteiger partial charge in [0.25, 0.3) is 11.2 Å². The van der Waals surface area contributed by atoms with Crippen LogP contribution in [0, 0.1) is 10.1 Å².